The Morgan fingerprint density at radius 2 is 1.35 bits per heavy atom. The Kier molecular flexibility index (Phi) is 7.08. The fraction of sp³-hybridized carbons (Fsp3) is 0.435. The molecule has 0 bridgehead atoms. The number of benzene rings is 2. The summed E-state index contributed by atoms with van der Waals surface area (Å²) in [5.41, 5.74) is 4.97. The first-order chi connectivity index (χ1) is 12.2. The van der Waals surface area contributed by atoms with Crippen molar-refractivity contribution in [2.24, 2.45) is 0 Å². The molecule has 2 nitrogen and oxygen atoms in total. The Hall–Kier alpha value is -1.57. The molecule has 0 fully saturated rings. The van der Waals surface area contributed by atoms with Gasteiger partial charge in [0.25, 0.3) is 0 Å². The first-order valence-electron chi connectivity index (χ1n) is 9.28. The van der Waals surface area contributed by atoms with E-state index in [9.17, 15) is 4.79 Å². The van der Waals surface area contributed by atoms with Crippen molar-refractivity contribution in [3.8, 4) is 0 Å². The number of esters is 1. The molecule has 3 heteroatoms. The molecular formula is C23H30O2Se. The van der Waals surface area contributed by atoms with Crippen molar-refractivity contribution in [1.29, 1.82) is 0 Å². The molecule has 0 aliphatic heterocycles. The second kappa shape index (κ2) is 8.88. The minimum absolute atomic E-state index is 0.212. The van der Waals surface area contributed by atoms with Gasteiger partial charge in [-0.15, -0.1) is 0 Å². The Morgan fingerprint density at radius 1 is 0.846 bits per heavy atom. The first-order valence-corrected chi connectivity index (χ1v) is 11.0. The number of ether oxygens (including phenoxy) is 1. The van der Waals surface area contributed by atoms with Crippen LogP contribution in [0.5, 0.6) is 0 Å². The van der Waals surface area contributed by atoms with Crippen LogP contribution in [0.1, 0.15) is 86.3 Å². The van der Waals surface area contributed by atoms with Gasteiger partial charge in [0.05, 0.1) is 0 Å². The van der Waals surface area contributed by atoms with Gasteiger partial charge in [0.15, 0.2) is 0 Å². The standard InChI is InChI=1S/C23H30O2Se/c1-14(2)18-12-20(15(3)4)22(21(13-18)16(5)6)26-19-10-8-17(9-11-19)23(24)25-7/h8-16H,1-7H3. The Morgan fingerprint density at radius 3 is 1.73 bits per heavy atom. The zero-order valence-corrected chi connectivity index (χ0v) is 18.6. The fourth-order valence-corrected chi connectivity index (χ4v) is 5.70. The van der Waals surface area contributed by atoms with E-state index in [0.29, 0.717) is 23.3 Å². The van der Waals surface area contributed by atoms with Gasteiger partial charge in [-0.25, -0.2) is 0 Å². The van der Waals surface area contributed by atoms with Gasteiger partial charge in [0, 0.05) is 0 Å². The third kappa shape index (κ3) is 4.78. The fourth-order valence-electron chi connectivity index (χ4n) is 2.90. The van der Waals surface area contributed by atoms with Crippen LogP contribution in [0, 0.1) is 0 Å². The second-order valence-electron chi connectivity index (χ2n) is 7.61. The third-order valence-corrected chi connectivity index (χ3v) is 7.06. The molecule has 0 aromatic heterocycles. The number of methoxy groups -OCH3 is 1. The van der Waals surface area contributed by atoms with Gasteiger partial charge < -0.3 is 0 Å². The van der Waals surface area contributed by atoms with Crippen molar-refractivity contribution in [2.45, 2.75) is 59.3 Å². The number of hydrogen-bond acceptors (Lipinski definition) is 2. The zero-order chi connectivity index (χ0) is 19.4. The Labute approximate surface area is 164 Å². The van der Waals surface area contributed by atoms with Crippen LogP contribution in [0.25, 0.3) is 0 Å². The number of rotatable bonds is 6. The van der Waals surface area contributed by atoms with E-state index in [4.69, 9.17) is 4.74 Å². The topological polar surface area (TPSA) is 26.3 Å². The summed E-state index contributed by atoms with van der Waals surface area (Å²) >= 11 is 0.212. The molecule has 0 saturated heterocycles. The number of hydrogen-bond donors (Lipinski definition) is 0. The van der Waals surface area contributed by atoms with Gasteiger partial charge in [-0.1, -0.05) is 0 Å². The van der Waals surface area contributed by atoms with Crippen LogP contribution < -0.4 is 8.92 Å². The Bertz CT molecular complexity index is 729. The average molecular weight is 417 g/mol. The summed E-state index contributed by atoms with van der Waals surface area (Å²) in [6, 6.07) is 12.7. The molecule has 0 heterocycles. The maximum absolute atomic E-state index is 11.7. The molecule has 0 unspecified atom stereocenters. The molecule has 2 aromatic rings. The van der Waals surface area contributed by atoms with Gasteiger partial charge in [-0.3, -0.25) is 0 Å². The molecule has 26 heavy (non-hydrogen) atoms. The van der Waals surface area contributed by atoms with Crippen LogP contribution >= 0.6 is 0 Å². The molecule has 0 aliphatic rings. The molecule has 0 radical (unpaired) electrons. The monoisotopic (exact) mass is 418 g/mol. The van der Waals surface area contributed by atoms with Crippen molar-refractivity contribution in [3.05, 3.63) is 58.7 Å². The summed E-state index contributed by atoms with van der Waals surface area (Å²) in [7, 11) is 1.42. The van der Waals surface area contributed by atoms with Crippen LogP contribution in [-0.2, 0) is 4.74 Å². The average Bonchev–Trinajstić information content (AvgIpc) is 2.61. The van der Waals surface area contributed by atoms with Crippen molar-refractivity contribution in [1.82, 2.24) is 0 Å². The van der Waals surface area contributed by atoms with Gasteiger partial charge in [-0.05, 0) is 0 Å². The molecular weight excluding hydrogens is 387 g/mol. The summed E-state index contributed by atoms with van der Waals surface area (Å²) in [5, 5.41) is 0. The number of carbonyl (C=O) groups excluding carboxylic acids is 1. The molecule has 140 valence electrons. The maximum atomic E-state index is 11.7. The van der Waals surface area contributed by atoms with Crippen LogP contribution in [0.15, 0.2) is 36.4 Å². The predicted octanol–water partition coefficient (Wildman–Crippen LogP) is 4.50. The third-order valence-electron chi connectivity index (χ3n) is 4.57. The molecule has 0 aliphatic carbocycles. The molecule has 0 spiro atoms. The van der Waals surface area contributed by atoms with Crippen LogP contribution in [-0.4, -0.2) is 28.0 Å². The van der Waals surface area contributed by atoms with E-state index >= 15 is 0 Å². The van der Waals surface area contributed by atoms with Crippen molar-refractivity contribution in [3.63, 3.8) is 0 Å². The van der Waals surface area contributed by atoms with Crippen LogP contribution in [0.4, 0.5) is 0 Å². The van der Waals surface area contributed by atoms with Gasteiger partial charge in [0.2, 0.25) is 0 Å². The van der Waals surface area contributed by atoms with Gasteiger partial charge in [-0.2, -0.15) is 0 Å². The molecule has 2 aromatic carbocycles. The summed E-state index contributed by atoms with van der Waals surface area (Å²) in [5.74, 6) is 1.25. The van der Waals surface area contributed by atoms with E-state index in [1.54, 1.807) is 0 Å². The van der Waals surface area contributed by atoms with E-state index < -0.39 is 0 Å². The van der Waals surface area contributed by atoms with E-state index in [1.807, 2.05) is 12.1 Å². The summed E-state index contributed by atoms with van der Waals surface area (Å²) in [6.07, 6.45) is 0. The SMILES string of the molecule is COC(=O)c1ccc([Se]c2c(C(C)C)cc(C(C)C)cc2C(C)C)cc1. The molecule has 0 amide bonds. The second-order valence-corrected chi connectivity index (χ2v) is 9.88. The van der Waals surface area contributed by atoms with Crippen molar-refractivity contribution in [2.75, 3.05) is 7.11 Å². The molecule has 0 atom stereocenters. The molecule has 0 N–H and O–H groups in total. The molecule has 2 rings (SSSR count). The Balaban J connectivity index is 2.48. The minimum atomic E-state index is -0.281. The zero-order valence-electron chi connectivity index (χ0n) is 16.9. The van der Waals surface area contributed by atoms with Crippen molar-refractivity contribution >= 4 is 29.8 Å². The van der Waals surface area contributed by atoms with E-state index in [-0.39, 0.29) is 20.9 Å². The predicted molar refractivity (Wildman–Crippen MR) is 112 cm³/mol. The van der Waals surface area contributed by atoms with Gasteiger partial charge in [0.1, 0.15) is 0 Å². The van der Waals surface area contributed by atoms with E-state index in [1.165, 1.54) is 32.7 Å². The van der Waals surface area contributed by atoms with E-state index in [0.717, 1.165) is 0 Å². The molecule has 0 saturated carbocycles. The van der Waals surface area contributed by atoms with Crippen LogP contribution in [0.3, 0.4) is 0 Å². The normalized spacial score (nSPS) is 11.5. The summed E-state index contributed by atoms with van der Waals surface area (Å²) in [6.45, 7) is 13.7. The van der Waals surface area contributed by atoms with Crippen molar-refractivity contribution < 1.29 is 9.53 Å². The van der Waals surface area contributed by atoms with E-state index in [2.05, 4.69) is 65.8 Å². The quantitative estimate of drug-likeness (QED) is 0.511. The van der Waals surface area contributed by atoms with Gasteiger partial charge >= 0.3 is 164 Å². The summed E-state index contributed by atoms with van der Waals surface area (Å²) in [4.78, 5) is 11.7. The van der Waals surface area contributed by atoms with Crippen LogP contribution in [0.2, 0.25) is 0 Å². The summed E-state index contributed by atoms with van der Waals surface area (Å²) < 4.78 is 7.58. The number of carbonyl (C=O) groups is 1. The first kappa shape index (κ1) is 20.7.